The molecule has 2 saturated heterocycles. The summed E-state index contributed by atoms with van der Waals surface area (Å²) in [7, 11) is -3.01. The molecule has 3 amide bonds. The molecule has 4 aliphatic rings. The molecule has 3 aromatic rings. The molecule has 0 aliphatic carbocycles. The van der Waals surface area contributed by atoms with Crippen molar-refractivity contribution in [2.45, 2.75) is 69.2 Å². The molecule has 1 spiro atoms. The van der Waals surface area contributed by atoms with Crippen LogP contribution in [0.1, 0.15) is 35.6 Å². The second-order valence-corrected chi connectivity index (χ2v) is 18.8. The van der Waals surface area contributed by atoms with Crippen LogP contribution in [0.3, 0.4) is 0 Å². The first-order chi connectivity index (χ1) is 22.9. The molecular formula is C36H40BrN3O7Si. The van der Waals surface area contributed by atoms with E-state index in [1.807, 2.05) is 86.7 Å². The molecule has 0 unspecified atom stereocenters. The molecule has 2 N–H and O–H groups in total. The van der Waals surface area contributed by atoms with Crippen LogP contribution in [0.5, 0.6) is 0 Å². The summed E-state index contributed by atoms with van der Waals surface area (Å²) in [6.45, 7) is 6.89. The number of aliphatic hydroxyl groups excluding tert-OH is 1. The Morgan fingerprint density at radius 2 is 1.83 bits per heavy atom. The van der Waals surface area contributed by atoms with E-state index in [2.05, 4.69) is 15.9 Å². The van der Waals surface area contributed by atoms with Gasteiger partial charge in [0, 0.05) is 33.7 Å². The number of hydrogen-bond acceptors (Lipinski definition) is 7. The highest BCUT2D eigenvalue weighted by Gasteiger charge is 2.66. The average Bonchev–Trinajstić information content (AvgIpc) is 3.69. The third-order valence-corrected chi connectivity index (χ3v) is 13.5. The van der Waals surface area contributed by atoms with Crippen LogP contribution in [0, 0.1) is 5.92 Å². The fourth-order valence-electron chi connectivity index (χ4n) is 8.37. The van der Waals surface area contributed by atoms with Gasteiger partial charge in [0.25, 0.3) is 5.91 Å². The lowest BCUT2D eigenvalue weighted by Crippen LogP contribution is -2.48. The molecule has 48 heavy (non-hydrogen) atoms. The van der Waals surface area contributed by atoms with Crippen molar-refractivity contribution < 1.29 is 33.8 Å². The Morgan fingerprint density at radius 3 is 2.54 bits per heavy atom. The molecule has 3 aromatic carbocycles. The highest BCUT2D eigenvalue weighted by molar-refractivity contribution is 9.10. The van der Waals surface area contributed by atoms with E-state index in [0.717, 1.165) is 21.2 Å². The predicted molar refractivity (Wildman–Crippen MR) is 186 cm³/mol. The van der Waals surface area contributed by atoms with Crippen LogP contribution in [0.15, 0.2) is 71.2 Å². The number of cyclic esters (lactones) is 1. The fraction of sp³-hybridized carbons (Fsp3) is 0.417. The lowest BCUT2D eigenvalue weighted by Gasteiger charge is -2.37. The molecule has 252 valence electrons. The van der Waals surface area contributed by atoms with Crippen LogP contribution in [0.25, 0.3) is 0 Å². The van der Waals surface area contributed by atoms with Crippen LogP contribution < -0.4 is 9.80 Å². The maximum absolute atomic E-state index is 14.9. The molecular weight excluding hydrogens is 694 g/mol. The van der Waals surface area contributed by atoms with Gasteiger partial charge in [-0.15, -0.1) is 0 Å². The molecule has 5 atom stereocenters. The molecule has 0 saturated carbocycles. The van der Waals surface area contributed by atoms with Gasteiger partial charge in [-0.1, -0.05) is 59.3 Å². The number of benzene rings is 3. The van der Waals surface area contributed by atoms with Crippen molar-refractivity contribution in [1.82, 2.24) is 4.90 Å². The van der Waals surface area contributed by atoms with Gasteiger partial charge in [0.05, 0.1) is 44.0 Å². The van der Waals surface area contributed by atoms with Crippen LogP contribution in [-0.4, -0.2) is 72.9 Å². The molecule has 0 bridgehead atoms. The van der Waals surface area contributed by atoms with Gasteiger partial charge in [0.2, 0.25) is 5.91 Å². The first kappa shape index (κ1) is 33.0. The first-order valence-corrected chi connectivity index (χ1v) is 20.3. The van der Waals surface area contributed by atoms with Crippen molar-refractivity contribution in [3.05, 3.63) is 93.5 Å². The quantitative estimate of drug-likeness (QED) is 0.325. The van der Waals surface area contributed by atoms with Crippen LogP contribution in [-0.2, 0) is 44.2 Å². The zero-order chi connectivity index (χ0) is 34.0. The van der Waals surface area contributed by atoms with Gasteiger partial charge in [-0.3, -0.25) is 14.5 Å². The second kappa shape index (κ2) is 12.4. The summed E-state index contributed by atoms with van der Waals surface area (Å²) in [5.41, 5.74) is 3.27. The smallest absolute Gasteiger partial charge is 0.414 e. The van der Waals surface area contributed by atoms with E-state index < -0.39 is 37.6 Å². The summed E-state index contributed by atoms with van der Waals surface area (Å²) in [5.74, 6) is -0.851. The number of hydrogen-bond donors (Lipinski definition) is 2. The Morgan fingerprint density at radius 1 is 1.06 bits per heavy atom. The summed E-state index contributed by atoms with van der Waals surface area (Å²) >= 11 is 3.60. The minimum absolute atomic E-state index is 0.0169. The topological polar surface area (TPSA) is 120 Å². The van der Waals surface area contributed by atoms with Crippen molar-refractivity contribution in [1.29, 1.82) is 0 Å². The second-order valence-electron chi connectivity index (χ2n) is 13.9. The van der Waals surface area contributed by atoms with Crippen LogP contribution in [0.2, 0.25) is 18.6 Å². The van der Waals surface area contributed by atoms with E-state index in [4.69, 9.17) is 9.47 Å². The van der Waals surface area contributed by atoms with E-state index in [0.29, 0.717) is 43.1 Å². The van der Waals surface area contributed by atoms with Gasteiger partial charge in [-0.05, 0) is 66.5 Å². The van der Waals surface area contributed by atoms with Crippen molar-refractivity contribution in [3.8, 4) is 0 Å². The summed E-state index contributed by atoms with van der Waals surface area (Å²) in [6, 6.07) is 20.8. The third-order valence-electron chi connectivity index (χ3n) is 10.5. The molecule has 12 heteroatoms. The molecule has 2 fully saturated rings. The predicted octanol–water partition coefficient (Wildman–Crippen LogP) is 5.09. The Kier molecular flexibility index (Phi) is 8.52. The van der Waals surface area contributed by atoms with Gasteiger partial charge in [0.1, 0.15) is 6.61 Å². The minimum atomic E-state index is -3.01. The maximum atomic E-state index is 14.9. The molecule has 0 radical (unpaired) electrons. The van der Waals surface area contributed by atoms with Crippen molar-refractivity contribution in [3.63, 3.8) is 0 Å². The summed E-state index contributed by atoms with van der Waals surface area (Å²) < 4.78 is 12.8. The molecule has 0 aromatic heterocycles. The van der Waals surface area contributed by atoms with Gasteiger partial charge >= 0.3 is 6.09 Å². The maximum Gasteiger partial charge on any atom is 0.414 e. The number of rotatable bonds is 7. The number of carbonyl (C=O) groups is 3. The number of nitrogens with zero attached hydrogens (tertiary/aromatic N) is 3. The summed E-state index contributed by atoms with van der Waals surface area (Å²) in [6.07, 6.45) is -0.566. The number of fused-ring (bicyclic) bond motifs is 3. The molecule has 7 rings (SSSR count). The SMILES string of the molecule is C[C@@H]1[C@@H]([Si](C)(C)O)[C@H](CC(=O)N2Cc3ccccc3C[C@H]2CO)O[C@@]12C(=O)N(Cc1cccc(N3CCOC3=O)c1)c1ccc(Br)cc12. The van der Waals surface area contributed by atoms with E-state index in [1.165, 1.54) is 0 Å². The van der Waals surface area contributed by atoms with E-state index in [-0.39, 0.29) is 37.4 Å². The van der Waals surface area contributed by atoms with Crippen molar-refractivity contribution >= 4 is 53.5 Å². The van der Waals surface area contributed by atoms with Crippen molar-refractivity contribution in [2.75, 3.05) is 29.6 Å². The van der Waals surface area contributed by atoms with Gasteiger partial charge < -0.3 is 29.2 Å². The summed E-state index contributed by atoms with van der Waals surface area (Å²) in [5, 5.41) is 10.3. The Bertz CT molecular complexity index is 1780. The Hall–Kier alpha value is -3.55. The summed E-state index contributed by atoms with van der Waals surface area (Å²) in [4.78, 5) is 57.9. The highest BCUT2D eigenvalue weighted by atomic mass is 79.9. The fourth-order valence-corrected chi connectivity index (χ4v) is 11.3. The molecule has 4 heterocycles. The molecule has 10 nitrogen and oxygen atoms in total. The number of ether oxygens (including phenoxy) is 2. The highest BCUT2D eigenvalue weighted by Crippen LogP contribution is 2.60. The van der Waals surface area contributed by atoms with E-state index >= 15 is 0 Å². The van der Waals surface area contributed by atoms with Gasteiger partial charge in [-0.2, -0.15) is 0 Å². The largest absolute Gasteiger partial charge is 0.447 e. The average molecular weight is 735 g/mol. The van der Waals surface area contributed by atoms with E-state index in [1.54, 1.807) is 14.7 Å². The lowest BCUT2D eigenvalue weighted by molar-refractivity contribution is -0.151. The van der Waals surface area contributed by atoms with Crippen LogP contribution >= 0.6 is 15.9 Å². The van der Waals surface area contributed by atoms with Crippen molar-refractivity contribution in [2.24, 2.45) is 5.92 Å². The number of amides is 3. The lowest BCUT2D eigenvalue weighted by atomic mass is 9.82. The first-order valence-electron chi connectivity index (χ1n) is 16.4. The Labute approximate surface area is 289 Å². The van der Waals surface area contributed by atoms with Gasteiger partial charge in [-0.25, -0.2) is 4.79 Å². The normalized spacial score (nSPS) is 26.7. The number of carbonyl (C=O) groups excluding carboxylic acids is 3. The van der Waals surface area contributed by atoms with Gasteiger partial charge in [0.15, 0.2) is 13.9 Å². The minimum Gasteiger partial charge on any atom is -0.447 e. The van der Waals surface area contributed by atoms with Crippen LogP contribution in [0.4, 0.5) is 16.2 Å². The van der Waals surface area contributed by atoms with E-state index in [9.17, 15) is 24.3 Å². The monoisotopic (exact) mass is 733 g/mol. The third kappa shape index (κ3) is 5.47. The Balaban J connectivity index is 1.22. The standard InChI is InChI=1S/C36H40BrN3O7Si/c1-22-33(48(2,3)45)31(18-32(42)39-20-25-9-5-4-8-24(25)16-28(39)21-41)47-36(22)29-17-26(37)11-12-30(29)40(34(36)43)19-23-7-6-10-27(15-23)38-13-14-46-35(38)44/h4-12,15,17,22,28,31,33,41,45H,13-14,16,18-21H2,1-3H3/t22-,28+,31+,33-,36+/m1/s1. The molecule has 4 aliphatic heterocycles. The zero-order valence-electron chi connectivity index (χ0n) is 27.3. The number of anilines is 2. The number of aliphatic hydroxyl groups is 1. The zero-order valence-corrected chi connectivity index (χ0v) is 29.9. The number of halogens is 1.